The third kappa shape index (κ3) is 6.41. The molecule has 0 fully saturated rings. The van der Waals surface area contributed by atoms with Gasteiger partial charge in [-0.05, 0) is 99.6 Å². The van der Waals surface area contributed by atoms with Crippen molar-refractivity contribution in [2.75, 3.05) is 4.90 Å². The van der Waals surface area contributed by atoms with Crippen LogP contribution in [0.25, 0.3) is 92.2 Å². The Labute approximate surface area is 370 Å². The number of anilines is 3. The Balaban J connectivity index is 0.958. The predicted octanol–water partition coefficient (Wildman–Crippen LogP) is 17.3. The Morgan fingerprint density at radius 3 is 1.62 bits per heavy atom. The molecule has 0 aliphatic rings. The second kappa shape index (κ2) is 15.5. The highest BCUT2D eigenvalue weighted by Crippen LogP contribution is 2.45. The van der Waals surface area contributed by atoms with Gasteiger partial charge in [-0.1, -0.05) is 182 Å². The summed E-state index contributed by atoms with van der Waals surface area (Å²) in [7, 11) is 0. The lowest BCUT2D eigenvalue weighted by Gasteiger charge is -2.28. The van der Waals surface area contributed by atoms with Gasteiger partial charge in [0, 0.05) is 43.2 Å². The van der Waals surface area contributed by atoms with E-state index in [4.69, 9.17) is 0 Å². The van der Waals surface area contributed by atoms with Crippen molar-refractivity contribution in [3.05, 3.63) is 243 Å². The maximum atomic E-state index is 2.48. The number of benzene rings is 10. The molecular weight excluding hydrogens is 781 g/mol. The quantitative estimate of drug-likeness (QED) is 0.148. The molecule has 296 valence electrons. The third-order valence-corrected chi connectivity index (χ3v) is 13.6. The van der Waals surface area contributed by atoms with Crippen LogP contribution in [0.5, 0.6) is 0 Å². The van der Waals surface area contributed by atoms with E-state index in [1.165, 1.54) is 81.0 Å². The molecule has 0 atom stereocenters. The molecular formula is C60H40N2S. The van der Waals surface area contributed by atoms with Crippen LogP contribution >= 0.6 is 11.3 Å². The van der Waals surface area contributed by atoms with E-state index in [1.807, 2.05) is 11.3 Å². The molecule has 2 aromatic heterocycles. The lowest BCUT2D eigenvalue weighted by Crippen LogP contribution is -2.11. The summed E-state index contributed by atoms with van der Waals surface area (Å²) in [4.78, 5) is 2.38. The van der Waals surface area contributed by atoms with Crippen molar-refractivity contribution in [2.24, 2.45) is 0 Å². The summed E-state index contributed by atoms with van der Waals surface area (Å²) < 4.78 is 5.10. The topological polar surface area (TPSA) is 8.17 Å². The number of thiophene rings is 1. The van der Waals surface area contributed by atoms with Crippen LogP contribution in [0.15, 0.2) is 243 Å². The number of hydrogen-bond acceptors (Lipinski definition) is 2. The van der Waals surface area contributed by atoms with Crippen LogP contribution in [0.2, 0.25) is 0 Å². The Hall–Kier alpha value is -7.98. The van der Waals surface area contributed by atoms with Crippen molar-refractivity contribution in [3.8, 4) is 50.2 Å². The number of para-hydroxylation sites is 3. The molecule has 0 spiro atoms. The van der Waals surface area contributed by atoms with Crippen LogP contribution in [0.1, 0.15) is 0 Å². The lowest BCUT2D eigenvalue weighted by atomic mass is 9.94. The normalized spacial score (nSPS) is 11.5. The number of nitrogens with zero attached hydrogens (tertiary/aromatic N) is 2. The van der Waals surface area contributed by atoms with Gasteiger partial charge >= 0.3 is 0 Å². The molecule has 0 aliphatic heterocycles. The highest BCUT2D eigenvalue weighted by molar-refractivity contribution is 7.26. The van der Waals surface area contributed by atoms with Gasteiger partial charge in [0.2, 0.25) is 0 Å². The van der Waals surface area contributed by atoms with E-state index in [2.05, 4.69) is 252 Å². The van der Waals surface area contributed by atoms with Crippen molar-refractivity contribution in [1.29, 1.82) is 0 Å². The van der Waals surface area contributed by atoms with Gasteiger partial charge in [0.05, 0.1) is 27.1 Å². The fraction of sp³-hybridized carbons (Fsp3) is 0. The zero-order chi connectivity index (χ0) is 41.7. The summed E-state index contributed by atoms with van der Waals surface area (Å²) in [6, 6.07) is 88.2. The first-order valence-corrected chi connectivity index (χ1v) is 22.3. The van der Waals surface area contributed by atoms with Gasteiger partial charge in [-0.25, -0.2) is 0 Å². The second-order valence-electron chi connectivity index (χ2n) is 16.1. The molecule has 0 N–H and O–H groups in total. The highest BCUT2D eigenvalue weighted by atomic mass is 32.1. The standard InChI is InChI=1S/C60H40N2S/c1-3-16-41(17-4-1)42-32-34-43(35-33-42)44-36-38-48(39-37-44)61(47-20-5-2-6-21-47)54-27-10-7-22-49(54)45-18-13-19-46(40-45)50-25-14-29-56-59(50)53-24-8-11-28-55(53)62(56)57-30-15-26-52-51-23-9-12-31-58(51)63-60(52)57/h1-40H. The predicted molar refractivity (Wildman–Crippen MR) is 270 cm³/mol. The molecule has 2 nitrogen and oxygen atoms in total. The Bertz CT molecular complexity index is 3600. The van der Waals surface area contributed by atoms with Crippen molar-refractivity contribution in [2.45, 2.75) is 0 Å². The fourth-order valence-electron chi connectivity index (χ4n) is 9.49. The minimum atomic E-state index is 1.10. The third-order valence-electron chi connectivity index (χ3n) is 12.4. The van der Waals surface area contributed by atoms with E-state index in [0.717, 1.165) is 28.2 Å². The van der Waals surface area contributed by atoms with Crippen LogP contribution in [0.3, 0.4) is 0 Å². The summed E-state index contributed by atoms with van der Waals surface area (Å²) in [6.45, 7) is 0. The minimum Gasteiger partial charge on any atom is -0.310 e. The molecule has 0 radical (unpaired) electrons. The Morgan fingerprint density at radius 1 is 0.333 bits per heavy atom. The van der Waals surface area contributed by atoms with Gasteiger partial charge in [0.15, 0.2) is 0 Å². The minimum absolute atomic E-state index is 1.10. The van der Waals surface area contributed by atoms with Crippen LogP contribution in [0.4, 0.5) is 17.1 Å². The smallest absolute Gasteiger partial charge is 0.0640 e. The summed E-state index contributed by atoms with van der Waals surface area (Å²) in [6.07, 6.45) is 0. The number of hydrogen-bond donors (Lipinski definition) is 0. The van der Waals surface area contributed by atoms with Crippen LogP contribution in [0, 0.1) is 0 Å². The Morgan fingerprint density at radius 2 is 0.841 bits per heavy atom. The van der Waals surface area contributed by atoms with Crippen LogP contribution in [-0.4, -0.2) is 4.57 Å². The molecule has 0 saturated heterocycles. The van der Waals surface area contributed by atoms with Crippen molar-refractivity contribution in [1.82, 2.24) is 4.57 Å². The van der Waals surface area contributed by atoms with Crippen LogP contribution < -0.4 is 4.90 Å². The maximum absolute atomic E-state index is 2.48. The largest absolute Gasteiger partial charge is 0.310 e. The van der Waals surface area contributed by atoms with Gasteiger partial charge in [-0.15, -0.1) is 11.3 Å². The van der Waals surface area contributed by atoms with Gasteiger partial charge in [-0.3, -0.25) is 0 Å². The van der Waals surface area contributed by atoms with E-state index in [9.17, 15) is 0 Å². The van der Waals surface area contributed by atoms with Crippen LogP contribution in [-0.2, 0) is 0 Å². The number of aromatic nitrogens is 1. The van der Waals surface area contributed by atoms with E-state index >= 15 is 0 Å². The van der Waals surface area contributed by atoms with Crippen molar-refractivity contribution in [3.63, 3.8) is 0 Å². The molecule has 0 bridgehead atoms. The zero-order valence-corrected chi connectivity index (χ0v) is 35.2. The van der Waals surface area contributed by atoms with E-state index in [-0.39, 0.29) is 0 Å². The molecule has 12 rings (SSSR count). The summed E-state index contributed by atoms with van der Waals surface area (Å²) in [5.41, 5.74) is 16.5. The molecule has 2 heterocycles. The monoisotopic (exact) mass is 820 g/mol. The molecule has 12 aromatic rings. The van der Waals surface area contributed by atoms with Crippen molar-refractivity contribution >= 4 is 70.4 Å². The molecule has 63 heavy (non-hydrogen) atoms. The van der Waals surface area contributed by atoms with E-state index < -0.39 is 0 Å². The first-order valence-electron chi connectivity index (χ1n) is 21.5. The van der Waals surface area contributed by atoms with Gasteiger partial charge in [0.1, 0.15) is 0 Å². The summed E-state index contributed by atoms with van der Waals surface area (Å²) in [5, 5.41) is 5.12. The first-order chi connectivity index (χ1) is 31.3. The van der Waals surface area contributed by atoms with Crippen molar-refractivity contribution < 1.29 is 0 Å². The number of fused-ring (bicyclic) bond motifs is 6. The van der Waals surface area contributed by atoms with E-state index in [1.54, 1.807) is 0 Å². The van der Waals surface area contributed by atoms with Gasteiger partial charge in [-0.2, -0.15) is 0 Å². The molecule has 0 saturated carbocycles. The molecule has 0 unspecified atom stereocenters. The van der Waals surface area contributed by atoms with E-state index in [0.29, 0.717) is 0 Å². The summed E-state index contributed by atoms with van der Waals surface area (Å²) >= 11 is 1.88. The first kappa shape index (κ1) is 36.8. The average molecular weight is 821 g/mol. The molecule has 0 aliphatic carbocycles. The SMILES string of the molecule is c1ccc(-c2ccc(-c3ccc(N(c4ccccc4)c4ccccc4-c4cccc(-c5cccc6c5c5ccccc5n6-c5cccc6c5sc5ccccc56)c4)cc3)cc2)cc1. The van der Waals surface area contributed by atoms with Gasteiger partial charge in [0.25, 0.3) is 0 Å². The fourth-order valence-corrected chi connectivity index (χ4v) is 10.7. The average Bonchev–Trinajstić information content (AvgIpc) is 3.91. The molecule has 10 aromatic carbocycles. The zero-order valence-electron chi connectivity index (χ0n) is 34.4. The highest BCUT2D eigenvalue weighted by Gasteiger charge is 2.21. The Kier molecular flexibility index (Phi) is 9.06. The van der Waals surface area contributed by atoms with Gasteiger partial charge < -0.3 is 9.47 Å². The second-order valence-corrected chi connectivity index (χ2v) is 17.1. The molecule has 3 heteroatoms. The molecule has 0 amide bonds. The maximum Gasteiger partial charge on any atom is 0.0640 e. The number of rotatable bonds is 8. The lowest BCUT2D eigenvalue weighted by molar-refractivity contribution is 1.20. The summed E-state index contributed by atoms with van der Waals surface area (Å²) in [5.74, 6) is 0.